The number of piperazine rings is 1. The summed E-state index contributed by atoms with van der Waals surface area (Å²) in [6.07, 6.45) is 3.29. The number of carbonyl (C=O) groups is 2. The van der Waals surface area contributed by atoms with Gasteiger partial charge in [0.1, 0.15) is 12.1 Å². The zero-order chi connectivity index (χ0) is 11.4. The molecule has 0 spiro atoms. The highest BCUT2D eigenvalue weighted by atomic mass is 16.2. The van der Waals surface area contributed by atoms with Crippen molar-refractivity contribution in [2.24, 2.45) is 0 Å². The molecule has 4 heteroatoms. The molecule has 2 atom stereocenters. The Balaban J connectivity index is 2.70. The Kier molecular flexibility index (Phi) is 4.12. The minimum absolute atomic E-state index is 0.00241. The maximum Gasteiger partial charge on any atom is 0.245 e. The molecule has 0 aromatic carbocycles. The first-order valence-electron chi connectivity index (χ1n) is 5.68. The summed E-state index contributed by atoms with van der Waals surface area (Å²) in [6.45, 7) is 4.03. The van der Waals surface area contributed by atoms with Crippen LogP contribution in [0.25, 0.3) is 0 Å². The van der Waals surface area contributed by atoms with Gasteiger partial charge in [-0.3, -0.25) is 9.59 Å². The van der Waals surface area contributed by atoms with E-state index >= 15 is 0 Å². The zero-order valence-electron chi connectivity index (χ0n) is 9.75. The largest absolute Gasteiger partial charge is 0.343 e. The molecule has 1 aliphatic rings. The van der Waals surface area contributed by atoms with Gasteiger partial charge in [0.05, 0.1) is 0 Å². The molecular formula is C11H20N2O2. The van der Waals surface area contributed by atoms with Gasteiger partial charge < -0.3 is 10.2 Å². The van der Waals surface area contributed by atoms with Crippen LogP contribution in [0.1, 0.15) is 39.5 Å². The van der Waals surface area contributed by atoms with Crippen LogP contribution < -0.4 is 5.32 Å². The van der Waals surface area contributed by atoms with Gasteiger partial charge in [-0.2, -0.15) is 0 Å². The van der Waals surface area contributed by atoms with Crippen molar-refractivity contribution in [1.29, 1.82) is 0 Å². The number of likely N-dealkylation sites (N-methyl/N-ethyl adjacent to an activating group) is 1. The Hall–Kier alpha value is -1.06. The van der Waals surface area contributed by atoms with Gasteiger partial charge in [0.2, 0.25) is 11.8 Å². The van der Waals surface area contributed by atoms with Gasteiger partial charge in [-0.05, 0) is 12.8 Å². The molecule has 1 N–H and O–H groups in total. The summed E-state index contributed by atoms with van der Waals surface area (Å²) in [6, 6.07) is -0.573. The fourth-order valence-electron chi connectivity index (χ4n) is 1.99. The third-order valence-electron chi connectivity index (χ3n) is 2.87. The smallest absolute Gasteiger partial charge is 0.245 e. The summed E-state index contributed by atoms with van der Waals surface area (Å²) in [5.41, 5.74) is 0. The van der Waals surface area contributed by atoms with Crippen LogP contribution in [0.2, 0.25) is 0 Å². The minimum Gasteiger partial charge on any atom is -0.343 e. The van der Waals surface area contributed by atoms with E-state index in [0.29, 0.717) is 0 Å². The summed E-state index contributed by atoms with van der Waals surface area (Å²) in [5.74, 6) is 0.0484. The first-order valence-corrected chi connectivity index (χ1v) is 5.68. The molecule has 0 aliphatic carbocycles. The first-order chi connectivity index (χ1) is 7.11. The zero-order valence-corrected chi connectivity index (χ0v) is 9.75. The van der Waals surface area contributed by atoms with Gasteiger partial charge in [0, 0.05) is 7.05 Å². The monoisotopic (exact) mass is 212 g/mol. The molecule has 2 unspecified atom stereocenters. The number of amides is 2. The summed E-state index contributed by atoms with van der Waals surface area (Å²) in [4.78, 5) is 25.2. The normalized spacial score (nSPS) is 26.7. The second-order valence-electron chi connectivity index (χ2n) is 4.10. The maximum atomic E-state index is 11.9. The van der Waals surface area contributed by atoms with Gasteiger partial charge in [0.15, 0.2) is 0 Å². The molecule has 15 heavy (non-hydrogen) atoms. The summed E-state index contributed by atoms with van der Waals surface area (Å²) in [5, 5.41) is 2.80. The topological polar surface area (TPSA) is 49.4 Å². The van der Waals surface area contributed by atoms with Crippen molar-refractivity contribution in [3.63, 3.8) is 0 Å². The van der Waals surface area contributed by atoms with E-state index in [1.165, 1.54) is 0 Å². The molecule has 0 saturated carbocycles. The van der Waals surface area contributed by atoms with Gasteiger partial charge in [-0.25, -0.2) is 0 Å². The Labute approximate surface area is 91.0 Å². The third-order valence-corrected chi connectivity index (χ3v) is 2.87. The maximum absolute atomic E-state index is 11.9. The molecule has 1 aliphatic heterocycles. The van der Waals surface area contributed by atoms with Crippen LogP contribution in [0.15, 0.2) is 0 Å². The molecular weight excluding hydrogens is 192 g/mol. The van der Waals surface area contributed by atoms with Crippen molar-refractivity contribution in [3.8, 4) is 0 Å². The highest BCUT2D eigenvalue weighted by molar-refractivity contribution is 5.96. The van der Waals surface area contributed by atoms with Crippen molar-refractivity contribution in [2.45, 2.75) is 51.6 Å². The average Bonchev–Trinajstić information content (AvgIpc) is 2.21. The molecule has 1 saturated heterocycles. The van der Waals surface area contributed by atoms with E-state index in [9.17, 15) is 9.59 Å². The summed E-state index contributed by atoms with van der Waals surface area (Å²) >= 11 is 0. The van der Waals surface area contributed by atoms with E-state index in [-0.39, 0.29) is 23.9 Å². The molecule has 0 radical (unpaired) electrons. The Morgan fingerprint density at radius 1 is 1.20 bits per heavy atom. The third kappa shape index (κ3) is 2.49. The highest BCUT2D eigenvalue weighted by Gasteiger charge is 2.36. The fraction of sp³-hybridized carbons (Fsp3) is 0.818. The quantitative estimate of drug-likeness (QED) is 0.753. The van der Waals surface area contributed by atoms with Crippen LogP contribution in [0, 0.1) is 0 Å². The lowest BCUT2D eigenvalue weighted by Crippen LogP contribution is -2.61. The Bertz CT molecular complexity index is 253. The predicted octanol–water partition coefficient (Wildman–Crippen LogP) is 0.912. The number of nitrogens with zero attached hydrogens (tertiary/aromatic N) is 1. The van der Waals surface area contributed by atoms with Crippen LogP contribution in [-0.4, -0.2) is 35.8 Å². The van der Waals surface area contributed by atoms with Crippen molar-refractivity contribution in [1.82, 2.24) is 10.2 Å². The van der Waals surface area contributed by atoms with Crippen LogP contribution in [0.5, 0.6) is 0 Å². The molecule has 1 heterocycles. The molecule has 2 amide bonds. The summed E-state index contributed by atoms with van der Waals surface area (Å²) in [7, 11) is 1.73. The average molecular weight is 212 g/mol. The van der Waals surface area contributed by atoms with Crippen LogP contribution in [0.3, 0.4) is 0 Å². The minimum atomic E-state index is -0.305. The van der Waals surface area contributed by atoms with Gasteiger partial charge in [-0.1, -0.05) is 26.7 Å². The van der Waals surface area contributed by atoms with Crippen molar-refractivity contribution in [3.05, 3.63) is 0 Å². The predicted molar refractivity (Wildman–Crippen MR) is 58.3 cm³/mol. The van der Waals surface area contributed by atoms with E-state index in [0.717, 1.165) is 25.7 Å². The van der Waals surface area contributed by atoms with Crippen molar-refractivity contribution in [2.75, 3.05) is 7.05 Å². The first kappa shape index (κ1) is 12.0. The number of rotatable bonds is 4. The highest BCUT2D eigenvalue weighted by Crippen LogP contribution is 2.14. The van der Waals surface area contributed by atoms with Crippen molar-refractivity contribution >= 4 is 11.8 Å². The Morgan fingerprint density at radius 3 is 2.33 bits per heavy atom. The van der Waals surface area contributed by atoms with Crippen LogP contribution in [-0.2, 0) is 9.59 Å². The number of nitrogens with one attached hydrogen (secondary N) is 1. The molecule has 0 bridgehead atoms. The molecule has 1 rings (SSSR count). The van der Waals surface area contributed by atoms with E-state index in [1.807, 2.05) is 13.8 Å². The Morgan fingerprint density at radius 2 is 1.80 bits per heavy atom. The summed E-state index contributed by atoms with van der Waals surface area (Å²) < 4.78 is 0. The van der Waals surface area contributed by atoms with Crippen LogP contribution >= 0.6 is 0 Å². The lowest BCUT2D eigenvalue weighted by molar-refractivity contribution is -0.148. The molecule has 4 nitrogen and oxygen atoms in total. The van der Waals surface area contributed by atoms with E-state index < -0.39 is 0 Å². The second-order valence-corrected chi connectivity index (χ2v) is 4.10. The van der Waals surface area contributed by atoms with E-state index in [1.54, 1.807) is 11.9 Å². The molecule has 1 fully saturated rings. The lowest BCUT2D eigenvalue weighted by Gasteiger charge is -2.36. The lowest BCUT2D eigenvalue weighted by atomic mass is 10.0. The molecule has 0 aromatic heterocycles. The van der Waals surface area contributed by atoms with Gasteiger partial charge in [-0.15, -0.1) is 0 Å². The van der Waals surface area contributed by atoms with Gasteiger partial charge >= 0.3 is 0 Å². The van der Waals surface area contributed by atoms with Crippen LogP contribution in [0.4, 0.5) is 0 Å². The molecule has 86 valence electrons. The SMILES string of the molecule is CCCC1NC(=O)C(CCC)N(C)C1=O. The standard InChI is InChI=1S/C11H20N2O2/c1-4-6-8-11(15)13(3)9(7-5-2)10(14)12-8/h8-9H,4-7H2,1-3H3,(H,12,14). The second kappa shape index (κ2) is 5.14. The number of hydrogen-bond acceptors (Lipinski definition) is 2. The van der Waals surface area contributed by atoms with Gasteiger partial charge in [0.25, 0.3) is 0 Å². The fourth-order valence-corrected chi connectivity index (χ4v) is 1.99. The van der Waals surface area contributed by atoms with E-state index in [2.05, 4.69) is 5.32 Å². The number of carbonyl (C=O) groups excluding carboxylic acids is 2. The number of hydrogen-bond donors (Lipinski definition) is 1. The van der Waals surface area contributed by atoms with E-state index in [4.69, 9.17) is 0 Å². The van der Waals surface area contributed by atoms with Crippen molar-refractivity contribution < 1.29 is 9.59 Å². The molecule has 0 aromatic rings.